The van der Waals surface area contributed by atoms with Gasteiger partial charge in [-0.1, -0.05) is 0 Å². The van der Waals surface area contributed by atoms with Crippen molar-refractivity contribution in [3.05, 3.63) is 71.5 Å². The van der Waals surface area contributed by atoms with E-state index in [0.29, 0.717) is 20.3 Å². The summed E-state index contributed by atoms with van der Waals surface area (Å²) >= 11 is 7.64. The number of nitro groups is 1. The molecule has 2 amide bonds. The lowest BCUT2D eigenvalue weighted by Crippen LogP contribution is -2.37. The van der Waals surface area contributed by atoms with Gasteiger partial charge in [-0.25, -0.2) is 0 Å². The number of non-ortho nitro benzene ring substituents is 1. The summed E-state index contributed by atoms with van der Waals surface area (Å²) in [6.07, 6.45) is 1.55. The zero-order valence-electron chi connectivity index (χ0n) is 18.9. The molecule has 2 aromatic rings. The Kier molecular flexibility index (Phi) is 8.39. The quantitative estimate of drug-likeness (QED) is 0.157. The number of carbonyl (C=O) groups is 3. The fraction of sp³-hybridized carbons (Fsp3) is 0.261. The molecule has 0 atom stereocenters. The van der Waals surface area contributed by atoms with Crippen LogP contribution >= 0.6 is 43.6 Å². The van der Waals surface area contributed by atoms with Crippen LogP contribution in [0.25, 0.3) is 6.08 Å². The minimum Gasteiger partial charge on any atom is -0.487 e. The highest BCUT2D eigenvalue weighted by molar-refractivity contribution is 9.11. The molecule has 1 fully saturated rings. The topological polar surface area (TPSA) is 116 Å². The van der Waals surface area contributed by atoms with Gasteiger partial charge in [0, 0.05) is 12.1 Å². The molecule has 0 N–H and O–H groups in total. The highest BCUT2D eigenvalue weighted by atomic mass is 79.9. The molecule has 1 saturated heterocycles. The molecule has 0 bridgehead atoms. The van der Waals surface area contributed by atoms with Crippen LogP contribution in [0.5, 0.6) is 5.75 Å². The number of esters is 1. The molecule has 0 saturated carbocycles. The van der Waals surface area contributed by atoms with Crippen molar-refractivity contribution >= 4 is 72.5 Å². The molecular weight excluding hydrogens is 608 g/mol. The largest absolute Gasteiger partial charge is 0.487 e. The van der Waals surface area contributed by atoms with Crippen molar-refractivity contribution in [1.29, 1.82) is 0 Å². The summed E-state index contributed by atoms with van der Waals surface area (Å²) in [6, 6.07) is 9.47. The Morgan fingerprint density at radius 3 is 2.29 bits per heavy atom. The Balaban J connectivity index is 1.71. The first-order valence-electron chi connectivity index (χ1n) is 10.2. The molecule has 2 aromatic carbocycles. The van der Waals surface area contributed by atoms with Gasteiger partial charge in [-0.05, 0) is 106 Å². The van der Waals surface area contributed by atoms with Crippen molar-refractivity contribution in [3.63, 3.8) is 0 Å². The zero-order chi connectivity index (χ0) is 25.9. The van der Waals surface area contributed by atoms with E-state index in [-0.39, 0.29) is 17.2 Å². The molecule has 0 radical (unpaired) electrons. The predicted octanol–water partition coefficient (Wildman–Crippen LogP) is 6.08. The number of ether oxygens (including phenoxy) is 2. The molecule has 0 aromatic heterocycles. The number of halogens is 2. The lowest BCUT2D eigenvalue weighted by molar-refractivity contribution is -0.384. The summed E-state index contributed by atoms with van der Waals surface area (Å²) in [6.45, 7) is 4.83. The van der Waals surface area contributed by atoms with E-state index in [1.54, 1.807) is 51.1 Å². The first-order valence-corrected chi connectivity index (χ1v) is 12.6. The van der Waals surface area contributed by atoms with Gasteiger partial charge < -0.3 is 9.47 Å². The van der Waals surface area contributed by atoms with Crippen LogP contribution in [-0.4, -0.2) is 39.1 Å². The Labute approximate surface area is 222 Å². The van der Waals surface area contributed by atoms with Crippen molar-refractivity contribution in [1.82, 2.24) is 4.90 Å². The highest BCUT2D eigenvalue weighted by Crippen LogP contribution is 2.38. The lowest BCUT2D eigenvalue weighted by Gasteiger charge is -2.21. The number of nitro benzene ring substituents is 1. The van der Waals surface area contributed by atoms with E-state index >= 15 is 0 Å². The Hall–Kier alpha value is -2.70. The Morgan fingerprint density at radius 2 is 1.74 bits per heavy atom. The number of thioether (sulfide) groups is 1. The number of amides is 2. The second kappa shape index (κ2) is 10.9. The average molecular weight is 628 g/mol. The number of benzene rings is 2. The average Bonchev–Trinajstić information content (AvgIpc) is 2.99. The second-order valence-electron chi connectivity index (χ2n) is 8.38. The first-order chi connectivity index (χ1) is 16.3. The second-order valence-corrected chi connectivity index (χ2v) is 11.1. The van der Waals surface area contributed by atoms with E-state index in [4.69, 9.17) is 9.47 Å². The SMILES string of the molecule is CC(C)(C)OC(=O)CN1C(=O)SC(=Cc2cc(Br)c(OCc3ccc([N+](=O)[O-])cc3)c(Br)c2)C1=O. The van der Waals surface area contributed by atoms with Gasteiger partial charge >= 0.3 is 5.97 Å². The van der Waals surface area contributed by atoms with Crippen molar-refractivity contribution in [2.75, 3.05) is 6.54 Å². The van der Waals surface area contributed by atoms with Crippen LogP contribution in [0.2, 0.25) is 0 Å². The summed E-state index contributed by atoms with van der Waals surface area (Å²) in [5.41, 5.74) is 0.637. The van der Waals surface area contributed by atoms with E-state index in [2.05, 4.69) is 31.9 Å². The molecule has 0 aliphatic carbocycles. The molecule has 12 heteroatoms. The third-order valence-corrected chi connectivity index (χ3v) is 6.51. The number of hydrogen-bond acceptors (Lipinski definition) is 8. The maximum Gasteiger partial charge on any atom is 0.326 e. The van der Waals surface area contributed by atoms with Gasteiger partial charge in [-0.2, -0.15) is 0 Å². The Bertz CT molecular complexity index is 1200. The van der Waals surface area contributed by atoms with Crippen LogP contribution in [0.15, 0.2) is 50.2 Å². The molecule has 0 spiro atoms. The van der Waals surface area contributed by atoms with E-state index < -0.39 is 34.2 Å². The van der Waals surface area contributed by atoms with Crippen LogP contribution in [-0.2, 0) is 20.9 Å². The van der Waals surface area contributed by atoms with Crippen molar-refractivity contribution < 1.29 is 28.8 Å². The normalized spacial score (nSPS) is 15.0. The van der Waals surface area contributed by atoms with Gasteiger partial charge in [0.05, 0.1) is 18.8 Å². The summed E-state index contributed by atoms with van der Waals surface area (Å²) in [4.78, 5) is 48.4. The third-order valence-electron chi connectivity index (χ3n) is 4.43. The molecule has 184 valence electrons. The van der Waals surface area contributed by atoms with E-state index in [1.165, 1.54) is 12.1 Å². The van der Waals surface area contributed by atoms with Gasteiger partial charge in [0.2, 0.25) is 0 Å². The summed E-state index contributed by atoms with van der Waals surface area (Å²) in [5, 5.41) is 10.2. The first kappa shape index (κ1) is 26.9. The maximum absolute atomic E-state index is 12.7. The number of carbonyl (C=O) groups excluding carboxylic acids is 3. The lowest BCUT2D eigenvalue weighted by atomic mass is 10.2. The minimum absolute atomic E-state index is 0.00373. The molecule has 1 heterocycles. The van der Waals surface area contributed by atoms with Gasteiger partial charge in [-0.3, -0.25) is 29.4 Å². The minimum atomic E-state index is -0.727. The van der Waals surface area contributed by atoms with Crippen LogP contribution in [0.4, 0.5) is 10.5 Å². The summed E-state index contributed by atoms with van der Waals surface area (Å²) in [7, 11) is 0. The highest BCUT2D eigenvalue weighted by Gasteiger charge is 2.37. The van der Waals surface area contributed by atoms with Gasteiger partial charge in [-0.15, -0.1) is 0 Å². The van der Waals surface area contributed by atoms with Crippen LogP contribution in [0.1, 0.15) is 31.9 Å². The monoisotopic (exact) mass is 626 g/mol. The predicted molar refractivity (Wildman–Crippen MR) is 138 cm³/mol. The van der Waals surface area contributed by atoms with E-state index in [9.17, 15) is 24.5 Å². The van der Waals surface area contributed by atoms with Crippen LogP contribution < -0.4 is 4.74 Å². The number of rotatable bonds is 7. The van der Waals surface area contributed by atoms with E-state index in [1.807, 2.05) is 0 Å². The molecule has 0 unspecified atom stereocenters. The smallest absolute Gasteiger partial charge is 0.326 e. The van der Waals surface area contributed by atoms with Gasteiger partial charge in [0.1, 0.15) is 24.5 Å². The van der Waals surface area contributed by atoms with E-state index in [0.717, 1.165) is 22.2 Å². The summed E-state index contributed by atoms with van der Waals surface area (Å²) in [5.74, 6) is -0.740. The fourth-order valence-corrected chi connectivity index (χ4v) is 5.25. The Morgan fingerprint density at radius 1 is 1.14 bits per heavy atom. The standard InChI is InChI=1S/C23H20Br2N2O7S/c1-23(2,3)34-19(28)11-26-21(29)18(35-22(26)30)10-14-8-16(24)20(17(25)9-14)33-12-13-4-6-15(7-5-13)27(31)32/h4-10H,11-12H2,1-3H3. The fourth-order valence-electron chi connectivity index (χ4n) is 2.96. The number of hydrogen-bond donors (Lipinski definition) is 0. The van der Waals surface area contributed by atoms with Crippen molar-refractivity contribution in [2.45, 2.75) is 33.0 Å². The molecule has 9 nitrogen and oxygen atoms in total. The number of nitrogens with zero attached hydrogens (tertiary/aromatic N) is 2. The molecule has 3 rings (SSSR count). The van der Waals surface area contributed by atoms with Crippen LogP contribution in [0.3, 0.4) is 0 Å². The molecule has 35 heavy (non-hydrogen) atoms. The van der Waals surface area contributed by atoms with Crippen LogP contribution in [0, 0.1) is 10.1 Å². The third kappa shape index (κ3) is 7.15. The zero-order valence-corrected chi connectivity index (χ0v) is 22.9. The summed E-state index contributed by atoms with van der Waals surface area (Å²) < 4.78 is 12.2. The van der Waals surface area contributed by atoms with Crippen molar-refractivity contribution in [2.24, 2.45) is 0 Å². The van der Waals surface area contributed by atoms with Gasteiger partial charge in [0.25, 0.3) is 16.8 Å². The number of imide groups is 1. The molecule has 1 aliphatic heterocycles. The maximum atomic E-state index is 12.7. The van der Waals surface area contributed by atoms with Crippen molar-refractivity contribution in [3.8, 4) is 5.75 Å². The molecule has 1 aliphatic rings. The van der Waals surface area contributed by atoms with Gasteiger partial charge in [0.15, 0.2) is 0 Å². The molecular formula is C23H20Br2N2O7S.